The molecular weight excluding hydrogens is 288 g/mol. The first-order valence-electron chi connectivity index (χ1n) is 8.28. The molecule has 4 aliphatic rings. The van der Waals surface area contributed by atoms with Crippen LogP contribution in [0.1, 0.15) is 26.7 Å². The number of nitrogens with zero attached hydrogens (tertiary/aromatic N) is 2. The smallest absolute Gasteiger partial charge is 0.199 e. The highest BCUT2D eigenvalue weighted by Gasteiger charge is 2.42. The average Bonchev–Trinajstić information content (AvgIpc) is 3.36. The maximum absolute atomic E-state index is 5.91. The molecule has 0 aromatic rings. The quantitative estimate of drug-likeness (QED) is 0.799. The Morgan fingerprint density at radius 1 is 0.870 bits per heavy atom. The predicted octanol–water partition coefficient (Wildman–Crippen LogP) is 3.38. The first-order chi connectivity index (χ1) is 11.1. The van der Waals surface area contributed by atoms with Gasteiger partial charge in [-0.25, -0.2) is 9.98 Å². The molecule has 0 bridgehead atoms. The van der Waals surface area contributed by atoms with Gasteiger partial charge in [0.15, 0.2) is 11.8 Å². The highest BCUT2D eigenvalue weighted by Crippen LogP contribution is 2.33. The third kappa shape index (κ3) is 2.56. The number of rotatable bonds is 4. The van der Waals surface area contributed by atoms with Crippen molar-refractivity contribution >= 4 is 11.8 Å². The van der Waals surface area contributed by atoms with Crippen molar-refractivity contribution in [3.05, 3.63) is 47.6 Å². The van der Waals surface area contributed by atoms with E-state index in [2.05, 4.69) is 50.3 Å². The van der Waals surface area contributed by atoms with Crippen LogP contribution in [0, 0.1) is 5.41 Å². The second-order valence-electron chi connectivity index (χ2n) is 6.89. The molecule has 0 N–H and O–H groups in total. The van der Waals surface area contributed by atoms with E-state index in [0.29, 0.717) is 13.2 Å². The summed E-state index contributed by atoms with van der Waals surface area (Å²) in [6, 6.07) is 0.276. The zero-order valence-corrected chi connectivity index (χ0v) is 13.7. The number of aliphatic imine (C=N–C) groups is 2. The lowest BCUT2D eigenvalue weighted by Gasteiger charge is -2.22. The van der Waals surface area contributed by atoms with Crippen LogP contribution >= 0.6 is 0 Å². The Kier molecular flexibility index (Phi) is 3.47. The molecule has 2 heterocycles. The van der Waals surface area contributed by atoms with Gasteiger partial charge in [-0.05, 0) is 37.8 Å². The normalized spacial score (nSPS) is 29.1. The third-order valence-electron chi connectivity index (χ3n) is 4.83. The summed E-state index contributed by atoms with van der Waals surface area (Å²) in [6.07, 6.45) is 14.7. The van der Waals surface area contributed by atoms with Gasteiger partial charge in [-0.3, -0.25) is 0 Å². The summed E-state index contributed by atoms with van der Waals surface area (Å²) < 4.78 is 11.8. The van der Waals surface area contributed by atoms with Gasteiger partial charge in [-0.2, -0.15) is 0 Å². The van der Waals surface area contributed by atoms with Crippen molar-refractivity contribution in [2.24, 2.45) is 15.4 Å². The van der Waals surface area contributed by atoms with Gasteiger partial charge in [0.05, 0.1) is 0 Å². The molecule has 0 unspecified atom stereocenters. The van der Waals surface area contributed by atoms with Gasteiger partial charge >= 0.3 is 0 Å². The molecule has 0 spiro atoms. The topological polar surface area (TPSA) is 43.2 Å². The Morgan fingerprint density at radius 3 is 1.74 bits per heavy atom. The fourth-order valence-corrected chi connectivity index (χ4v) is 3.32. The molecule has 4 heteroatoms. The monoisotopic (exact) mass is 310 g/mol. The molecule has 4 rings (SSSR count). The molecule has 0 saturated heterocycles. The van der Waals surface area contributed by atoms with Crippen molar-refractivity contribution in [1.29, 1.82) is 0 Å². The molecule has 0 aromatic heterocycles. The minimum atomic E-state index is -0.414. The van der Waals surface area contributed by atoms with Crippen LogP contribution in [0.3, 0.4) is 0 Å². The van der Waals surface area contributed by atoms with E-state index in [9.17, 15) is 0 Å². The van der Waals surface area contributed by atoms with Gasteiger partial charge in [0.1, 0.15) is 30.7 Å². The Labute approximate surface area is 137 Å². The first-order valence-corrected chi connectivity index (χ1v) is 8.28. The molecule has 0 amide bonds. The molecule has 0 fully saturated rings. The van der Waals surface area contributed by atoms with E-state index < -0.39 is 5.41 Å². The Bertz CT molecular complexity index is 634. The first kappa shape index (κ1) is 14.5. The van der Waals surface area contributed by atoms with Gasteiger partial charge in [-0.15, -0.1) is 0 Å². The van der Waals surface area contributed by atoms with E-state index in [1.807, 2.05) is 0 Å². The summed E-state index contributed by atoms with van der Waals surface area (Å²) in [5.74, 6) is 1.49. The van der Waals surface area contributed by atoms with E-state index in [0.717, 1.165) is 24.6 Å². The Balaban J connectivity index is 1.51. The fraction of sp³-hybridized carbons (Fsp3) is 0.474. The van der Waals surface area contributed by atoms with Crippen molar-refractivity contribution in [2.45, 2.75) is 38.8 Å². The van der Waals surface area contributed by atoms with Gasteiger partial charge in [0, 0.05) is 0 Å². The minimum Gasteiger partial charge on any atom is -0.478 e. The fourth-order valence-electron chi connectivity index (χ4n) is 3.32. The maximum Gasteiger partial charge on any atom is 0.199 e. The molecule has 0 saturated carbocycles. The van der Waals surface area contributed by atoms with Crippen LogP contribution in [0.25, 0.3) is 0 Å². The number of allylic oxidation sites excluding steroid dienone is 6. The lowest BCUT2D eigenvalue weighted by molar-refractivity contribution is 0.270. The molecule has 2 atom stereocenters. The lowest BCUT2D eigenvalue weighted by atomic mass is 9.93. The van der Waals surface area contributed by atoms with Crippen LogP contribution in [0.4, 0.5) is 0 Å². The summed E-state index contributed by atoms with van der Waals surface area (Å²) >= 11 is 0. The second-order valence-corrected chi connectivity index (χ2v) is 6.89. The van der Waals surface area contributed by atoms with E-state index >= 15 is 0 Å². The zero-order chi connectivity index (χ0) is 15.9. The summed E-state index contributed by atoms with van der Waals surface area (Å²) in [5.41, 5.74) is 2.23. The number of hydrogen-bond donors (Lipinski definition) is 0. The standard InChI is InChI=1S/C19H22N2O2/c1-19(2,17-20-15(11-22-17)13-7-3-4-8-13)18-21-16(12-23-18)14-9-5-6-10-14/h3-7,9,15-16H,8,10-12H2,1-2H3/t15-,16-/m0/s1. The van der Waals surface area contributed by atoms with Crippen LogP contribution in [0.2, 0.25) is 0 Å². The van der Waals surface area contributed by atoms with Crippen LogP contribution in [0.15, 0.2) is 57.6 Å². The van der Waals surface area contributed by atoms with Crippen molar-refractivity contribution in [1.82, 2.24) is 0 Å². The van der Waals surface area contributed by atoms with Crippen LogP contribution in [-0.4, -0.2) is 37.1 Å². The van der Waals surface area contributed by atoms with Gasteiger partial charge in [-0.1, -0.05) is 36.5 Å². The molecule has 2 aliphatic carbocycles. The summed E-state index contributed by atoms with van der Waals surface area (Å²) in [6.45, 7) is 5.41. The highest BCUT2D eigenvalue weighted by molar-refractivity contribution is 6.05. The molecule has 0 aromatic carbocycles. The van der Waals surface area contributed by atoms with Crippen LogP contribution < -0.4 is 0 Å². The van der Waals surface area contributed by atoms with Crippen LogP contribution in [0.5, 0.6) is 0 Å². The number of ether oxygens (including phenoxy) is 2. The SMILES string of the molecule is CC(C)(C1=N[C@H](C2=CC=CC2)CO1)C1=N[C@H](C2=CC=CC2)CO1. The number of hydrogen-bond acceptors (Lipinski definition) is 4. The Hall–Kier alpha value is -2.10. The highest BCUT2D eigenvalue weighted by atomic mass is 16.5. The van der Waals surface area contributed by atoms with Gasteiger partial charge in [0.25, 0.3) is 0 Å². The Morgan fingerprint density at radius 2 is 1.35 bits per heavy atom. The van der Waals surface area contributed by atoms with Crippen molar-refractivity contribution < 1.29 is 9.47 Å². The third-order valence-corrected chi connectivity index (χ3v) is 4.83. The second kappa shape index (κ2) is 5.52. The van der Waals surface area contributed by atoms with Gasteiger partial charge < -0.3 is 9.47 Å². The summed E-state index contributed by atoms with van der Waals surface area (Å²) in [4.78, 5) is 9.61. The van der Waals surface area contributed by atoms with E-state index in [4.69, 9.17) is 19.5 Å². The molecular formula is C19H22N2O2. The maximum atomic E-state index is 5.91. The van der Waals surface area contributed by atoms with E-state index in [-0.39, 0.29) is 12.1 Å². The molecule has 23 heavy (non-hydrogen) atoms. The molecule has 4 nitrogen and oxygen atoms in total. The lowest BCUT2D eigenvalue weighted by Crippen LogP contribution is -2.34. The van der Waals surface area contributed by atoms with Crippen molar-refractivity contribution in [2.75, 3.05) is 13.2 Å². The molecule has 120 valence electrons. The van der Waals surface area contributed by atoms with Gasteiger partial charge in [0.2, 0.25) is 0 Å². The molecule has 0 radical (unpaired) electrons. The average molecular weight is 310 g/mol. The largest absolute Gasteiger partial charge is 0.478 e. The predicted molar refractivity (Wildman–Crippen MR) is 91.8 cm³/mol. The van der Waals surface area contributed by atoms with E-state index in [1.165, 1.54) is 11.1 Å². The van der Waals surface area contributed by atoms with E-state index in [1.54, 1.807) is 0 Å². The molecule has 2 aliphatic heterocycles. The van der Waals surface area contributed by atoms with Crippen molar-refractivity contribution in [3.63, 3.8) is 0 Å². The zero-order valence-electron chi connectivity index (χ0n) is 13.7. The summed E-state index contributed by atoms with van der Waals surface area (Å²) in [5, 5.41) is 0. The minimum absolute atomic E-state index is 0.138. The van der Waals surface area contributed by atoms with Crippen LogP contribution in [-0.2, 0) is 9.47 Å². The van der Waals surface area contributed by atoms with Crippen molar-refractivity contribution in [3.8, 4) is 0 Å². The summed E-state index contributed by atoms with van der Waals surface area (Å²) in [7, 11) is 0.